The molecule has 2 heterocycles. The number of hydrogen-bond donors (Lipinski definition) is 0. The Hall–Kier alpha value is -2.49. The van der Waals surface area contributed by atoms with Crippen LogP contribution in [0.3, 0.4) is 0 Å². The molecule has 0 atom stereocenters. The smallest absolute Gasteiger partial charge is 0.279 e. The summed E-state index contributed by atoms with van der Waals surface area (Å²) in [5.41, 5.74) is 1.31. The number of nitrogens with zero attached hydrogens (tertiary/aromatic N) is 3. The monoisotopic (exact) mass is 445 g/mol. The van der Waals surface area contributed by atoms with Gasteiger partial charge in [0.2, 0.25) is 10.0 Å². The van der Waals surface area contributed by atoms with Gasteiger partial charge in [-0.1, -0.05) is 11.3 Å². The van der Waals surface area contributed by atoms with Crippen molar-refractivity contribution >= 4 is 37.5 Å². The second-order valence-corrected chi connectivity index (χ2v) is 10.0. The molecule has 9 heteroatoms. The van der Waals surface area contributed by atoms with E-state index < -0.39 is 15.9 Å². The average Bonchev–Trinajstić information content (AvgIpc) is 3.38. The summed E-state index contributed by atoms with van der Waals surface area (Å²) in [4.78, 5) is 17.7. The van der Waals surface area contributed by atoms with Gasteiger partial charge in [-0.05, 0) is 62.2 Å². The highest BCUT2D eigenvalue weighted by atomic mass is 32.2. The van der Waals surface area contributed by atoms with Crippen LogP contribution in [0.5, 0.6) is 5.75 Å². The van der Waals surface area contributed by atoms with Crippen LogP contribution in [0.1, 0.15) is 30.1 Å². The molecule has 1 aliphatic rings. The first-order valence-electron chi connectivity index (χ1n) is 9.82. The molecule has 0 unspecified atom stereocenters. The fourth-order valence-corrected chi connectivity index (χ4v) is 6.04. The Morgan fingerprint density at radius 3 is 2.50 bits per heavy atom. The van der Waals surface area contributed by atoms with Crippen LogP contribution >= 0.6 is 11.3 Å². The van der Waals surface area contributed by atoms with Crippen molar-refractivity contribution in [1.82, 2.24) is 8.87 Å². The molecule has 30 heavy (non-hydrogen) atoms. The first-order chi connectivity index (χ1) is 14.4. The summed E-state index contributed by atoms with van der Waals surface area (Å²) in [5.74, 6) is 0.367. The Kier molecular flexibility index (Phi) is 5.77. The van der Waals surface area contributed by atoms with Crippen molar-refractivity contribution < 1.29 is 17.9 Å². The normalized spacial score (nSPS) is 15.7. The number of aryl methyl sites for hydroxylation is 1. The van der Waals surface area contributed by atoms with Gasteiger partial charge in [0.25, 0.3) is 5.91 Å². The van der Waals surface area contributed by atoms with E-state index in [0.29, 0.717) is 30.1 Å². The van der Waals surface area contributed by atoms with Crippen molar-refractivity contribution in [2.45, 2.75) is 24.7 Å². The summed E-state index contributed by atoms with van der Waals surface area (Å²) < 4.78 is 35.1. The standard InChI is InChI=1S/C21H23N3O4S2/c1-3-28-16-8-11-18-19(14-16)29-21(23(18)2)22-20(25)15-6-9-17(10-7-15)30(26,27)24-12-4-5-13-24/h6-11,14H,3-5,12-13H2,1-2H3. The fraction of sp³-hybridized carbons (Fsp3) is 0.333. The topological polar surface area (TPSA) is 81.0 Å². The van der Waals surface area contributed by atoms with Crippen LogP contribution in [0.15, 0.2) is 52.4 Å². The zero-order valence-corrected chi connectivity index (χ0v) is 18.5. The highest BCUT2D eigenvalue weighted by molar-refractivity contribution is 7.89. The summed E-state index contributed by atoms with van der Waals surface area (Å²) in [5, 5.41) is 0. The van der Waals surface area contributed by atoms with E-state index in [0.717, 1.165) is 28.8 Å². The summed E-state index contributed by atoms with van der Waals surface area (Å²) in [6.07, 6.45) is 1.76. The maximum absolute atomic E-state index is 12.7. The highest BCUT2D eigenvalue weighted by Crippen LogP contribution is 2.23. The average molecular weight is 446 g/mol. The van der Waals surface area contributed by atoms with Crippen molar-refractivity contribution in [3.05, 3.63) is 52.8 Å². The summed E-state index contributed by atoms with van der Waals surface area (Å²) >= 11 is 1.40. The summed E-state index contributed by atoms with van der Waals surface area (Å²) in [7, 11) is -1.64. The van der Waals surface area contributed by atoms with Gasteiger partial charge in [0, 0.05) is 25.7 Å². The predicted molar refractivity (Wildman–Crippen MR) is 116 cm³/mol. The number of ether oxygens (including phenoxy) is 1. The predicted octanol–water partition coefficient (Wildman–Crippen LogP) is 3.16. The molecule has 4 rings (SSSR count). The fourth-order valence-electron chi connectivity index (χ4n) is 3.48. The molecule has 7 nitrogen and oxygen atoms in total. The molecule has 1 amide bonds. The molecule has 0 bridgehead atoms. The van der Waals surface area contributed by atoms with Gasteiger partial charge in [-0.25, -0.2) is 8.42 Å². The van der Waals surface area contributed by atoms with Crippen molar-refractivity contribution in [3.63, 3.8) is 0 Å². The molecule has 0 saturated carbocycles. The molecule has 1 aromatic heterocycles. The Bertz CT molecular complexity index is 1250. The number of carbonyl (C=O) groups excluding carboxylic acids is 1. The summed E-state index contributed by atoms with van der Waals surface area (Å²) in [6, 6.07) is 11.8. The maximum atomic E-state index is 12.7. The maximum Gasteiger partial charge on any atom is 0.279 e. The minimum absolute atomic E-state index is 0.205. The minimum Gasteiger partial charge on any atom is -0.494 e. The van der Waals surface area contributed by atoms with Crippen LogP contribution < -0.4 is 9.54 Å². The molecule has 0 radical (unpaired) electrons. The van der Waals surface area contributed by atoms with Gasteiger partial charge in [-0.15, -0.1) is 0 Å². The third-order valence-electron chi connectivity index (χ3n) is 5.09. The zero-order valence-electron chi connectivity index (χ0n) is 16.9. The molecular weight excluding hydrogens is 422 g/mol. The molecule has 3 aromatic rings. The number of benzene rings is 2. The van der Waals surface area contributed by atoms with E-state index in [2.05, 4.69) is 4.99 Å². The molecule has 0 aliphatic carbocycles. The van der Waals surface area contributed by atoms with Crippen LogP contribution in [0.25, 0.3) is 10.2 Å². The van der Waals surface area contributed by atoms with Gasteiger partial charge >= 0.3 is 0 Å². The third kappa shape index (κ3) is 3.92. The Balaban J connectivity index is 1.62. The Morgan fingerprint density at radius 1 is 1.13 bits per heavy atom. The number of carbonyl (C=O) groups is 1. The van der Waals surface area contributed by atoms with Crippen LogP contribution in [0, 0.1) is 0 Å². The molecular formula is C21H23N3O4S2. The van der Waals surface area contributed by atoms with Crippen LogP contribution in [0.4, 0.5) is 0 Å². The quantitative estimate of drug-likeness (QED) is 0.604. The van der Waals surface area contributed by atoms with Crippen LogP contribution in [-0.2, 0) is 17.1 Å². The van der Waals surface area contributed by atoms with Crippen molar-refractivity contribution in [2.24, 2.45) is 12.0 Å². The second kappa shape index (κ2) is 8.33. The van der Waals surface area contributed by atoms with E-state index in [4.69, 9.17) is 4.74 Å². The van der Waals surface area contributed by atoms with Gasteiger partial charge < -0.3 is 9.30 Å². The van der Waals surface area contributed by atoms with Crippen molar-refractivity contribution in [3.8, 4) is 5.75 Å². The van der Waals surface area contributed by atoms with E-state index in [1.54, 1.807) is 0 Å². The number of fused-ring (bicyclic) bond motifs is 1. The van der Waals surface area contributed by atoms with E-state index in [9.17, 15) is 13.2 Å². The lowest BCUT2D eigenvalue weighted by molar-refractivity contribution is 0.0998. The van der Waals surface area contributed by atoms with Gasteiger partial charge in [0.15, 0.2) is 4.80 Å². The lowest BCUT2D eigenvalue weighted by atomic mass is 10.2. The lowest BCUT2D eigenvalue weighted by Gasteiger charge is -2.15. The highest BCUT2D eigenvalue weighted by Gasteiger charge is 2.27. The molecule has 0 spiro atoms. The molecule has 1 aliphatic heterocycles. The van der Waals surface area contributed by atoms with E-state index in [1.807, 2.05) is 36.7 Å². The number of thiazole rings is 1. The molecule has 0 N–H and O–H groups in total. The number of amides is 1. The minimum atomic E-state index is -3.50. The molecule has 1 fully saturated rings. The van der Waals surface area contributed by atoms with Gasteiger partial charge in [-0.3, -0.25) is 4.79 Å². The van der Waals surface area contributed by atoms with Crippen molar-refractivity contribution in [2.75, 3.05) is 19.7 Å². The number of aromatic nitrogens is 1. The van der Waals surface area contributed by atoms with E-state index in [-0.39, 0.29) is 4.90 Å². The number of sulfonamides is 1. The lowest BCUT2D eigenvalue weighted by Crippen LogP contribution is -2.27. The third-order valence-corrected chi connectivity index (χ3v) is 8.10. The Morgan fingerprint density at radius 2 is 1.83 bits per heavy atom. The summed E-state index contributed by atoms with van der Waals surface area (Å²) in [6.45, 7) is 3.61. The SMILES string of the molecule is CCOc1ccc2c(c1)sc(=NC(=O)c1ccc(S(=O)(=O)N3CCCC3)cc1)n2C. The molecule has 1 saturated heterocycles. The van der Waals surface area contributed by atoms with Gasteiger partial charge in [-0.2, -0.15) is 9.30 Å². The van der Waals surface area contributed by atoms with Crippen LogP contribution in [-0.4, -0.2) is 42.9 Å². The van der Waals surface area contributed by atoms with Gasteiger partial charge in [0.05, 0.1) is 21.7 Å². The van der Waals surface area contributed by atoms with E-state index >= 15 is 0 Å². The Labute approximate surface area is 179 Å². The number of rotatable bonds is 5. The molecule has 2 aromatic carbocycles. The molecule has 158 valence electrons. The largest absolute Gasteiger partial charge is 0.494 e. The van der Waals surface area contributed by atoms with Gasteiger partial charge in [0.1, 0.15) is 5.75 Å². The zero-order chi connectivity index (χ0) is 21.3. The first kappa shape index (κ1) is 20.8. The van der Waals surface area contributed by atoms with E-state index in [1.165, 1.54) is 39.9 Å². The number of hydrogen-bond acceptors (Lipinski definition) is 5. The second-order valence-electron chi connectivity index (χ2n) is 7.06. The van der Waals surface area contributed by atoms with Crippen LogP contribution in [0.2, 0.25) is 0 Å². The first-order valence-corrected chi connectivity index (χ1v) is 12.1. The van der Waals surface area contributed by atoms with Crippen molar-refractivity contribution in [1.29, 1.82) is 0 Å².